The average molecular weight is 345 g/mol. The van der Waals surface area contributed by atoms with Gasteiger partial charge < -0.3 is 0 Å². The molecule has 0 heteroatoms. The zero-order valence-electron chi connectivity index (χ0n) is 17.6. The summed E-state index contributed by atoms with van der Waals surface area (Å²) in [6.45, 7) is 9.23. The van der Waals surface area contributed by atoms with Crippen LogP contribution in [0, 0.1) is 29.6 Å². The summed E-state index contributed by atoms with van der Waals surface area (Å²) in [7, 11) is 0. The summed E-state index contributed by atoms with van der Waals surface area (Å²) in [5.41, 5.74) is 1.51. The largest absolute Gasteiger partial charge is 0.0844 e. The first-order chi connectivity index (χ1) is 12.1. The van der Waals surface area contributed by atoms with Crippen molar-refractivity contribution in [2.24, 2.45) is 29.6 Å². The maximum Gasteiger partial charge on any atom is -0.0256 e. The summed E-state index contributed by atoms with van der Waals surface area (Å²) in [5, 5.41) is 0. The summed E-state index contributed by atoms with van der Waals surface area (Å²) in [4.78, 5) is 0. The Hall–Kier alpha value is -0.520. The van der Waals surface area contributed by atoms with Gasteiger partial charge in [-0.15, -0.1) is 0 Å². The molecule has 1 atom stereocenters. The fraction of sp³-hybridized carbons (Fsp3) is 0.840. The van der Waals surface area contributed by atoms with E-state index in [2.05, 4.69) is 45.9 Å². The summed E-state index contributed by atoms with van der Waals surface area (Å²) in [5.74, 6) is 4.62. The van der Waals surface area contributed by atoms with Crippen molar-refractivity contribution >= 4 is 0 Å². The van der Waals surface area contributed by atoms with Gasteiger partial charge in [-0.25, -0.2) is 0 Å². The van der Waals surface area contributed by atoms with Gasteiger partial charge in [0.1, 0.15) is 0 Å². The normalized spacial score (nSPS) is 28.0. The van der Waals surface area contributed by atoms with Gasteiger partial charge in [-0.2, -0.15) is 0 Å². The van der Waals surface area contributed by atoms with Crippen molar-refractivity contribution in [3.63, 3.8) is 0 Å². The molecule has 0 bridgehead atoms. The minimum atomic E-state index is 0.738. The van der Waals surface area contributed by atoms with Crippen molar-refractivity contribution in [3.05, 3.63) is 23.8 Å². The van der Waals surface area contributed by atoms with Gasteiger partial charge in [0.15, 0.2) is 0 Å². The van der Waals surface area contributed by atoms with E-state index in [1.165, 1.54) is 76.2 Å². The topological polar surface area (TPSA) is 0 Å². The first-order valence-electron chi connectivity index (χ1n) is 11.4. The predicted molar refractivity (Wildman–Crippen MR) is 113 cm³/mol. The fourth-order valence-corrected chi connectivity index (χ4v) is 5.24. The maximum atomic E-state index is 2.48. The van der Waals surface area contributed by atoms with E-state index in [9.17, 15) is 0 Å². The molecule has 0 aromatic heterocycles. The SMILES string of the molecule is C/C=C(\C=C/C(C)CC1CCC(CC2CCCCC2)CC1)CC(C)C. The molecule has 0 aromatic rings. The lowest BCUT2D eigenvalue weighted by Crippen LogP contribution is -2.19. The third kappa shape index (κ3) is 8.14. The van der Waals surface area contributed by atoms with Crippen LogP contribution in [-0.2, 0) is 0 Å². The van der Waals surface area contributed by atoms with E-state index < -0.39 is 0 Å². The molecule has 2 rings (SSSR count). The number of rotatable bonds is 8. The number of hydrogen-bond donors (Lipinski definition) is 0. The Kier molecular flexibility index (Phi) is 9.35. The van der Waals surface area contributed by atoms with Crippen molar-refractivity contribution in [1.29, 1.82) is 0 Å². The summed E-state index contributed by atoms with van der Waals surface area (Å²) in [6, 6.07) is 0. The molecule has 0 amide bonds. The van der Waals surface area contributed by atoms with Crippen LogP contribution in [-0.4, -0.2) is 0 Å². The van der Waals surface area contributed by atoms with Crippen molar-refractivity contribution < 1.29 is 0 Å². The van der Waals surface area contributed by atoms with Crippen molar-refractivity contribution in [3.8, 4) is 0 Å². The molecule has 0 saturated heterocycles. The van der Waals surface area contributed by atoms with Gasteiger partial charge in [-0.05, 0) is 55.8 Å². The predicted octanol–water partition coefficient (Wildman–Crippen LogP) is 8.34. The molecule has 144 valence electrons. The number of hydrogen-bond acceptors (Lipinski definition) is 0. The van der Waals surface area contributed by atoms with Gasteiger partial charge in [0, 0.05) is 0 Å². The number of allylic oxidation sites excluding steroid dienone is 4. The van der Waals surface area contributed by atoms with E-state index in [-0.39, 0.29) is 0 Å². The van der Waals surface area contributed by atoms with E-state index in [1.807, 2.05) is 0 Å². The van der Waals surface area contributed by atoms with Crippen molar-refractivity contribution in [2.75, 3.05) is 0 Å². The summed E-state index contributed by atoms with van der Waals surface area (Å²) in [6.07, 6.45) is 25.0. The van der Waals surface area contributed by atoms with Gasteiger partial charge >= 0.3 is 0 Å². The van der Waals surface area contributed by atoms with Gasteiger partial charge in [-0.1, -0.05) is 102 Å². The first-order valence-corrected chi connectivity index (χ1v) is 11.4. The lowest BCUT2D eigenvalue weighted by Gasteiger charge is -2.33. The molecule has 0 aliphatic heterocycles. The first kappa shape index (κ1) is 20.8. The minimum absolute atomic E-state index is 0.738. The Balaban J connectivity index is 1.66. The van der Waals surface area contributed by atoms with Crippen LogP contribution in [0.15, 0.2) is 23.8 Å². The second kappa shape index (κ2) is 11.2. The second-order valence-electron chi connectivity index (χ2n) is 9.66. The molecule has 0 N–H and O–H groups in total. The Morgan fingerprint density at radius 1 is 0.840 bits per heavy atom. The fourth-order valence-electron chi connectivity index (χ4n) is 5.24. The molecule has 0 radical (unpaired) electrons. The highest BCUT2D eigenvalue weighted by Crippen LogP contribution is 2.38. The van der Waals surface area contributed by atoms with Crippen LogP contribution in [0.4, 0.5) is 0 Å². The smallest absolute Gasteiger partial charge is 0.0256 e. The average Bonchev–Trinajstić information content (AvgIpc) is 2.61. The zero-order chi connectivity index (χ0) is 18.1. The lowest BCUT2D eigenvalue weighted by molar-refractivity contribution is 0.200. The standard InChI is InChI=1S/C25H44/c1-5-22(17-20(2)3)12-11-21(4)18-24-13-15-25(16-14-24)19-23-9-7-6-8-10-23/h5,11-12,20-21,23-25H,6-10,13-19H2,1-4H3/b12-11-,22-5+. The highest BCUT2D eigenvalue weighted by atomic mass is 14.3. The summed E-state index contributed by atoms with van der Waals surface area (Å²) >= 11 is 0. The zero-order valence-corrected chi connectivity index (χ0v) is 17.6. The molecule has 2 aliphatic carbocycles. The third-order valence-corrected chi connectivity index (χ3v) is 6.72. The molecule has 1 unspecified atom stereocenters. The monoisotopic (exact) mass is 344 g/mol. The third-order valence-electron chi connectivity index (χ3n) is 6.72. The Morgan fingerprint density at radius 3 is 2.04 bits per heavy atom. The molecule has 0 spiro atoms. The molecular formula is C25H44. The van der Waals surface area contributed by atoms with E-state index >= 15 is 0 Å². The van der Waals surface area contributed by atoms with Crippen molar-refractivity contribution in [2.45, 2.75) is 105 Å². The highest BCUT2D eigenvalue weighted by Gasteiger charge is 2.25. The van der Waals surface area contributed by atoms with Crippen LogP contribution >= 0.6 is 0 Å². The van der Waals surface area contributed by atoms with Crippen LogP contribution < -0.4 is 0 Å². The lowest BCUT2D eigenvalue weighted by atomic mass is 9.73. The van der Waals surface area contributed by atoms with Gasteiger partial charge in [-0.3, -0.25) is 0 Å². The van der Waals surface area contributed by atoms with Crippen LogP contribution in [0.5, 0.6) is 0 Å². The summed E-state index contributed by atoms with van der Waals surface area (Å²) < 4.78 is 0. The molecule has 0 heterocycles. The molecule has 0 nitrogen and oxygen atoms in total. The van der Waals surface area contributed by atoms with Gasteiger partial charge in [0.05, 0.1) is 0 Å². The Morgan fingerprint density at radius 2 is 1.44 bits per heavy atom. The van der Waals surface area contributed by atoms with Gasteiger partial charge in [0.2, 0.25) is 0 Å². The molecular weight excluding hydrogens is 300 g/mol. The van der Waals surface area contributed by atoms with Gasteiger partial charge in [0.25, 0.3) is 0 Å². The second-order valence-corrected chi connectivity index (χ2v) is 9.66. The van der Waals surface area contributed by atoms with E-state index in [1.54, 1.807) is 6.42 Å². The van der Waals surface area contributed by atoms with E-state index in [4.69, 9.17) is 0 Å². The quantitative estimate of drug-likeness (QED) is 0.388. The van der Waals surface area contributed by atoms with Crippen molar-refractivity contribution in [1.82, 2.24) is 0 Å². The Labute approximate surface area is 158 Å². The maximum absolute atomic E-state index is 2.48. The molecule has 0 aromatic carbocycles. The minimum Gasteiger partial charge on any atom is -0.0844 e. The van der Waals surface area contributed by atoms with E-state index in [0.29, 0.717) is 0 Å². The molecule has 25 heavy (non-hydrogen) atoms. The van der Waals surface area contributed by atoms with Crippen LogP contribution in [0.3, 0.4) is 0 Å². The molecule has 2 saturated carbocycles. The van der Waals surface area contributed by atoms with Crippen LogP contribution in [0.2, 0.25) is 0 Å². The van der Waals surface area contributed by atoms with E-state index in [0.717, 1.165) is 29.6 Å². The Bertz CT molecular complexity index is 400. The highest BCUT2D eigenvalue weighted by molar-refractivity contribution is 5.18. The molecule has 2 aliphatic rings. The molecule has 2 fully saturated rings. The van der Waals surface area contributed by atoms with Crippen LogP contribution in [0.1, 0.15) is 105 Å². The van der Waals surface area contributed by atoms with Crippen LogP contribution in [0.25, 0.3) is 0 Å².